The first-order valence-corrected chi connectivity index (χ1v) is 8.27. The molecule has 2 rings (SSSR count). The van der Waals surface area contributed by atoms with Crippen molar-refractivity contribution in [1.29, 1.82) is 0 Å². The van der Waals surface area contributed by atoms with Gasteiger partial charge in [0.25, 0.3) is 0 Å². The van der Waals surface area contributed by atoms with Crippen molar-refractivity contribution < 1.29 is 17.9 Å². The number of rotatable bonds is 8. The van der Waals surface area contributed by atoms with Crippen molar-refractivity contribution in [2.75, 3.05) is 19.7 Å². The molecule has 0 unspecified atom stereocenters. The highest BCUT2D eigenvalue weighted by atomic mass is 127. The fraction of sp³-hybridized carbons (Fsp3) is 0.588. The van der Waals surface area contributed by atoms with Gasteiger partial charge in [-0.2, -0.15) is 13.2 Å². The summed E-state index contributed by atoms with van der Waals surface area (Å²) in [7, 11) is 0. The fourth-order valence-electron chi connectivity index (χ4n) is 2.10. The van der Waals surface area contributed by atoms with Gasteiger partial charge in [-0.25, -0.2) is 4.99 Å². The number of ether oxygens (including phenoxy) is 1. The van der Waals surface area contributed by atoms with E-state index in [0.29, 0.717) is 31.6 Å². The molecule has 1 aromatic rings. The van der Waals surface area contributed by atoms with Gasteiger partial charge in [0.1, 0.15) is 5.75 Å². The molecule has 8 heteroatoms. The molecule has 0 saturated heterocycles. The van der Waals surface area contributed by atoms with Crippen LogP contribution in [0.2, 0.25) is 0 Å². The summed E-state index contributed by atoms with van der Waals surface area (Å²) in [6.45, 7) is 3.31. The van der Waals surface area contributed by atoms with E-state index >= 15 is 0 Å². The van der Waals surface area contributed by atoms with Gasteiger partial charge in [-0.3, -0.25) is 0 Å². The number of aliphatic imine (C=N–C) groups is 1. The molecule has 4 nitrogen and oxygen atoms in total. The van der Waals surface area contributed by atoms with Gasteiger partial charge in [0.2, 0.25) is 0 Å². The standard InChI is InChI=1S/C17H24F3N3O.HI/c1-2-21-16(22-10-9-17(18,19)20)23-11-14-5-3-4-6-15(14)24-12-13-7-8-13;/h3-6,13H,2,7-12H2,1H3,(H2,21,22,23);1H. The summed E-state index contributed by atoms with van der Waals surface area (Å²) in [4.78, 5) is 4.35. The number of nitrogens with one attached hydrogen (secondary N) is 2. The van der Waals surface area contributed by atoms with Crippen molar-refractivity contribution in [3.05, 3.63) is 29.8 Å². The number of hydrogen-bond donors (Lipinski definition) is 2. The summed E-state index contributed by atoms with van der Waals surface area (Å²) in [6, 6.07) is 7.63. The van der Waals surface area contributed by atoms with Crippen LogP contribution in [-0.2, 0) is 6.54 Å². The molecular formula is C17H25F3IN3O. The van der Waals surface area contributed by atoms with E-state index in [-0.39, 0.29) is 30.5 Å². The van der Waals surface area contributed by atoms with Crippen LogP contribution in [0.25, 0.3) is 0 Å². The van der Waals surface area contributed by atoms with Crippen molar-refractivity contribution in [3.63, 3.8) is 0 Å². The Balaban J connectivity index is 0.00000312. The molecule has 0 bridgehead atoms. The van der Waals surface area contributed by atoms with E-state index in [1.165, 1.54) is 12.8 Å². The summed E-state index contributed by atoms with van der Waals surface area (Å²) in [5.74, 6) is 1.82. The highest BCUT2D eigenvalue weighted by Gasteiger charge is 2.26. The molecule has 1 fully saturated rings. The zero-order valence-corrected chi connectivity index (χ0v) is 16.6. The Morgan fingerprint density at radius 3 is 2.60 bits per heavy atom. The summed E-state index contributed by atoms with van der Waals surface area (Å²) in [6.07, 6.45) is -2.63. The molecule has 0 heterocycles. The molecule has 0 radical (unpaired) electrons. The Hall–Kier alpha value is -1.19. The number of hydrogen-bond acceptors (Lipinski definition) is 2. The first kappa shape index (κ1) is 21.9. The lowest BCUT2D eigenvalue weighted by atomic mass is 10.2. The molecule has 0 spiro atoms. The maximum Gasteiger partial charge on any atom is 0.390 e. The SMILES string of the molecule is CCNC(=NCc1ccccc1OCC1CC1)NCCC(F)(F)F.I. The molecule has 142 valence electrons. The van der Waals surface area contributed by atoms with Gasteiger partial charge in [-0.1, -0.05) is 18.2 Å². The van der Waals surface area contributed by atoms with Gasteiger partial charge in [0, 0.05) is 18.7 Å². The molecule has 0 atom stereocenters. The lowest BCUT2D eigenvalue weighted by molar-refractivity contribution is -0.132. The lowest BCUT2D eigenvalue weighted by Gasteiger charge is -2.13. The summed E-state index contributed by atoms with van der Waals surface area (Å²) in [5.41, 5.74) is 0.922. The van der Waals surface area contributed by atoms with Gasteiger partial charge >= 0.3 is 6.18 Å². The summed E-state index contributed by atoms with van der Waals surface area (Å²) < 4.78 is 42.5. The van der Waals surface area contributed by atoms with Crippen LogP contribution >= 0.6 is 24.0 Å². The van der Waals surface area contributed by atoms with Gasteiger partial charge in [-0.15, -0.1) is 24.0 Å². The number of halogens is 4. The van der Waals surface area contributed by atoms with Crippen molar-refractivity contribution in [2.24, 2.45) is 10.9 Å². The normalized spacial score (nSPS) is 14.6. The molecule has 2 N–H and O–H groups in total. The molecular weight excluding hydrogens is 446 g/mol. The highest BCUT2D eigenvalue weighted by Crippen LogP contribution is 2.30. The second-order valence-electron chi connectivity index (χ2n) is 5.85. The van der Waals surface area contributed by atoms with Crippen molar-refractivity contribution in [2.45, 2.75) is 38.9 Å². The smallest absolute Gasteiger partial charge is 0.390 e. The van der Waals surface area contributed by atoms with Crippen LogP contribution < -0.4 is 15.4 Å². The van der Waals surface area contributed by atoms with Crippen molar-refractivity contribution in [3.8, 4) is 5.75 Å². The largest absolute Gasteiger partial charge is 0.493 e. The molecule has 0 aromatic heterocycles. The van der Waals surface area contributed by atoms with E-state index in [2.05, 4.69) is 15.6 Å². The van der Waals surface area contributed by atoms with Gasteiger partial charge < -0.3 is 15.4 Å². The van der Waals surface area contributed by atoms with E-state index in [0.717, 1.165) is 11.3 Å². The number of para-hydroxylation sites is 1. The van der Waals surface area contributed by atoms with Crippen molar-refractivity contribution >= 4 is 29.9 Å². The van der Waals surface area contributed by atoms with Crippen LogP contribution in [0, 0.1) is 5.92 Å². The number of guanidine groups is 1. The molecule has 1 aliphatic rings. The van der Waals surface area contributed by atoms with Gasteiger partial charge in [0.15, 0.2) is 5.96 Å². The summed E-state index contributed by atoms with van der Waals surface area (Å²) >= 11 is 0. The Morgan fingerprint density at radius 1 is 1.24 bits per heavy atom. The van der Waals surface area contributed by atoms with Crippen molar-refractivity contribution in [1.82, 2.24) is 10.6 Å². The topological polar surface area (TPSA) is 45.7 Å². The van der Waals surface area contributed by atoms with Crippen LogP contribution in [0.5, 0.6) is 5.75 Å². The molecule has 1 saturated carbocycles. The third-order valence-corrected chi connectivity index (χ3v) is 3.60. The van der Waals surface area contributed by atoms with E-state index in [9.17, 15) is 13.2 Å². The molecule has 0 aliphatic heterocycles. The Labute approximate surface area is 163 Å². The Bertz CT molecular complexity index is 548. The highest BCUT2D eigenvalue weighted by molar-refractivity contribution is 14.0. The van der Waals surface area contributed by atoms with Gasteiger partial charge in [-0.05, 0) is 31.7 Å². The summed E-state index contributed by atoms with van der Waals surface area (Å²) in [5, 5.41) is 5.65. The third-order valence-electron chi connectivity index (χ3n) is 3.60. The molecule has 1 aromatic carbocycles. The minimum atomic E-state index is -4.17. The van der Waals surface area contributed by atoms with Crippen LogP contribution in [0.1, 0.15) is 31.7 Å². The quantitative estimate of drug-likeness (QED) is 0.341. The van der Waals surface area contributed by atoms with Crippen LogP contribution in [0.15, 0.2) is 29.3 Å². The van der Waals surface area contributed by atoms with E-state index < -0.39 is 12.6 Å². The zero-order chi connectivity index (χ0) is 17.4. The van der Waals surface area contributed by atoms with E-state index in [4.69, 9.17) is 4.74 Å². The van der Waals surface area contributed by atoms with Gasteiger partial charge in [0.05, 0.1) is 19.6 Å². The second-order valence-corrected chi connectivity index (χ2v) is 5.85. The van der Waals surface area contributed by atoms with E-state index in [1.807, 2.05) is 31.2 Å². The van der Waals surface area contributed by atoms with E-state index in [1.54, 1.807) is 0 Å². The first-order chi connectivity index (χ1) is 11.5. The second kappa shape index (κ2) is 10.7. The molecule has 0 amide bonds. The average Bonchev–Trinajstić information content (AvgIpc) is 3.34. The molecule has 1 aliphatic carbocycles. The maximum absolute atomic E-state index is 12.2. The minimum absolute atomic E-state index is 0. The van der Waals surface area contributed by atoms with Crippen LogP contribution in [0.3, 0.4) is 0 Å². The van der Waals surface area contributed by atoms with Crippen LogP contribution in [-0.4, -0.2) is 31.8 Å². The monoisotopic (exact) mass is 471 g/mol. The fourth-order valence-corrected chi connectivity index (χ4v) is 2.10. The number of nitrogens with zero attached hydrogens (tertiary/aromatic N) is 1. The van der Waals surface area contributed by atoms with Crippen LogP contribution in [0.4, 0.5) is 13.2 Å². The molecule has 25 heavy (non-hydrogen) atoms. The average molecular weight is 471 g/mol. The Morgan fingerprint density at radius 2 is 1.96 bits per heavy atom. The maximum atomic E-state index is 12.2. The predicted molar refractivity (Wildman–Crippen MR) is 104 cm³/mol. The first-order valence-electron chi connectivity index (χ1n) is 8.27. The lowest BCUT2D eigenvalue weighted by Crippen LogP contribution is -2.38. The third kappa shape index (κ3) is 9.18. The zero-order valence-electron chi connectivity index (χ0n) is 14.2. The number of benzene rings is 1. The number of alkyl halides is 3. The Kier molecular flexibility index (Phi) is 9.37. The minimum Gasteiger partial charge on any atom is -0.493 e. The predicted octanol–water partition coefficient (Wildman–Crippen LogP) is 4.10.